The first-order valence-electron chi connectivity index (χ1n) is 5.24. The standard InChI is InChI=1S/C9H15F2NO2S/c10-9(11)4-7(5-9)6-15(13,14)12-8-2-1-3-8/h7-8,12H,1-6H2. The summed E-state index contributed by atoms with van der Waals surface area (Å²) in [7, 11) is -3.34. The van der Waals surface area contributed by atoms with E-state index in [2.05, 4.69) is 4.72 Å². The lowest BCUT2D eigenvalue weighted by molar-refractivity contribution is -0.103. The van der Waals surface area contributed by atoms with Crippen molar-refractivity contribution in [3.63, 3.8) is 0 Å². The van der Waals surface area contributed by atoms with Crippen LogP contribution in [-0.4, -0.2) is 26.1 Å². The van der Waals surface area contributed by atoms with Crippen molar-refractivity contribution in [1.82, 2.24) is 4.72 Å². The third kappa shape index (κ3) is 2.87. The molecule has 0 spiro atoms. The number of hydrogen-bond donors (Lipinski definition) is 1. The van der Waals surface area contributed by atoms with Gasteiger partial charge in [-0.05, 0) is 18.8 Å². The molecule has 0 aromatic rings. The Kier molecular flexibility index (Phi) is 2.75. The van der Waals surface area contributed by atoms with E-state index in [1.165, 1.54) is 0 Å². The highest BCUT2D eigenvalue weighted by atomic mass is 32.2. The molecule has 0 bridgehead atoms. The first-order chi connectivity index (χ1) is 6.86. The van der Waals surface area contributed by atoms with E-state index in [4.69, 9.17) is 0 Å². The molecule has 3 nitrogen and oxygen atoms in total. The summed E-state index contributed by atoms with van der Waals surface area (Å²) < 4.78 is 50.5. The molecule has 0 aliphatic heterocycles. The molecule has 0 heterocycles. The van der Waals surface area contributed by atoms with Gasteiger partial charge >= 0.3 is 0 Å². The first kappa shape index (κ1) is 11.3. The number of rotatable bonds is 4. The lowest BCUT2D eigenvalue weighted by Crippen LogP contribution is -2.45. The fraction of sp³-hybridized carbons (Fsp3) is 1.00. The molecule has 2 saturated carbocycles. The highest BCUT2D eigenvalue weighted by Crippen LogP contribution is 2.42. The summed E-state index contributed by atoms with van der Waals surface area (Å²) in [6, 6.07) is 0.0515. The fourth-order valence-corrected chi connectivity index (χ4v) is 3.74. The monoisotopic (exact) mass is 239 g/mol. The maximum atomic E-state index is 12.5. The van der Waals surface area contributed by atoms with Crippen LogP contribution in [0, 0.1) is 5.92 Å². The largest absolute Gasteiger partial charge is 0.248 e. The van der Waals surface area contributed by atoms with E-state index in [-0.39, 0.29) is 30.6 Å². The van der Waals surface area contributed by atoms with Gasteiger partial charge in [-0.1, -0.05) is 6.42 Å². The normalized spacial score (nSPS) is 27.1. The third-order valence-electron chi connectivity index (χ3n) is 3.08. The Morgan fingerprint density at radius 2 is 1.87 bits per heavy atom. The number of sulfonamides is 1. The molecule has 1 N–H and O–H groups in total. The minimum Gasteiger partial charge on any atom is -0.212 e. The Morgan fingerprint density at radius 3 is 2.27 bits per heavy atom. The topological polar surface area (TPSA) is 46.2 Å². The van der Waals surface area contributed by atoms with Crippen LogP contribution in [0.15, 0.2) is 0 Å². The van der Waals surface area contributed by atoms with Crippen LogP contribution in [0.2, 0.25) is 0 Å². The molecule has 2 aliphatic rings. The van der Waals surface area contributed by atoms with E-state index in [9.17, 15) is 17.2 Å². The number of halogens is 2. The van der Waals surface area contributed by atoms with Gasteiger partial charge in [-0.15, -0.1) is 0 Å². The predicted octanol–water partition coefficient (Wildman–Crippen LogP) is 1.50. The summed E-state index contributed by atoms with van der Waals surface area (Å²) in [5, 5.41) is 0. The lowest BCUT2D eigenvalue weighted by atomic mass is 9.83. The lowest BCUT2D eigenvalue weighted by Gasteiger charge is -2.35. The fourth-order valence-electron chi connectivity index (χ4n) is 2.04. The molecule has 0 atom stereocenters. The molecule has 0 radical (unpaired) electrons. The van der Waals surface area contributed by atoms with Crippen LogP contribution in [0.1, 0.15) is 32.1 Å². The number of alkyl halides is 2. The molecule has 15 heavy (non-hydrogen) atoms. The van der Waals surface area contributed by atoms with Gasteiger partial charge in [-0.3, -0.25) is 0 Å². The van der Waals surface area contributed by atoms with E-state index in [1.54, 1.807) is 0 Å². The molecule has 88 valence electrons. The van der Waals surface area contributed by atoms with Crippen molar-refractivity contribution in [2.75, 3.05) is 5.75 Å². The second kappa shape index (κ2) is 3.66. The Hall–Kier alpha value is -0.230. The van der Waals surface area contributed by atoms with Crippen molar-refractivity contribution in [1.29, 1.82) is 0 Å². The van der Waals surface area contributed by atoms with Gasteiger partial charge in [0.25, 0.3) is 0 Å². The molecule has 0 aromatic carbocycles. The Labute approximate surface area is 88.3 Å². The van der Waals surface area contributed by atoms with E-state index in [0.717, 1.165) is 19.3 Å². The maximum absolute atomic E-state index is 12.5. The molecule has 0 unspecified atom stereocenters. The van der Waals surface area contributed by atoms with Crippen molar-refractivity contribution in [3.8, 4) is 0 Å². The summed E-state index contributed by atoms with van der Waals surface area (Å²) in [4.78, 5) is 0. The number of hydrogen-bond acceptors (Lipinski definition) is 2. The van der Waals surface area contributed by atoms with Crippen LogP contribution in [0.3, 0.4) is 0 Å². The van der Waals surface area contributed by atoms with E-state index >= 15 is 0 Å². The van der Waals surface area contributed by atoms with Gasteiger partial charge in [-0.2, -0.15) is 0 Å². The quantitative estimate of drug-likeness (QED) is 0.808. The summed E-state index contributed by atoms with van der Waals surface area (Å²) >= 11 is 0. The maximum Gasteiger partial charge on any atom is 0.248 e. The second-order valence-corrected chi connectivity index (χ2v) is 6.46. The van der Waals surface area contributed by atoms with Gasteiger partial charge in [0.1, 0.15) is 0 Å². The molecule has 0 amide bonds. The van der Waals surface area contributed by atoms with Gasteiger partial charge in [0.2, 0.25) is 15.9 Å². The highest BCUT2D eigenvalue weighted by Gasteiger charge is 2.46. The van der Waals surface area contributed by atoms with Crippen LogP contribution in [0.5, 0.6) is 0 Å². The van der Waals surface area contributed by atoms with Gasteiger partial charge < -0.3 is 0 Å². The highest BCUT2D eigenvalue weighted by molar-refractivity contribution is 7.89. The van der Waals surface area contributed by atoms with Crippen LogP contribution >= 0.6 is 0 Å². The third-order valence-corrected chi connectivity index (χ3v) is 4.68. The SMILES string of the molecule is O=S(=O)(CC1CC(F)(F)C1)NC1CCC1. The minimum atomic E-state index is -3.34. The van der Waals surface area contributed by atoms with E-state index < -0.39 is 15.9 Å². The zero-order valence-electron chi connectivity index (χ0n) is 8.38. The molecular weight excluding hydrogens is 224 g/mol. The van der Waals surface area contributed by atoms with Crippen LogP contribution in [-0.2, 0) is 10.0 Å². The van der Waals surface area contributed by atoms with Crippen LogP contribution in [0.25, 0.3) is 0 Å². The second-order valence-electron chi connectivity index (χ2n) is 4.66. The first-order valence-corrected chi connectivity index (χ1v) is 6.89. The summed E-state index contributed by atoms with van der Waals surface area (Å²) in [5.41, 5.74) is 0. The van der Waals surface area contributed by atoms with E-state index in [0.29, 0.717) is 0 Å². The molecule has 2 rings (SSSR count). The van der Waals surface area contributed by atoms with Crippen molar-refractivity contribution in [2.24, 2.45) is 5.92 Å². The van der Waals surface area contributed by atoms with Gasteiger partial charge in [-0.25, -0.2) is 21.9 Å². The number of nitrogens with one attached hydrogen (secondary N) is 1. The average Bonchev–Trinajstić information content (AvgIpc) is 1.93. The zero-order chi connectivity index (χ0) is 11.1. The summed E-state index contributed by atoms with van der Waals surface area (Å²) in [5.74, 6) is -3.13. The molecule has 2 aliphatic carbocycles. The van der Waals surface area contributed by atoms with Crippen molar-refractivity contribution >= 4 is 10.0 Å². The van der Waals surface area contributed by atoms with Crippen molar-refractivity contribution < 1.29 is 17.2 Å². The van der Waals surface area contributed by atoms with Gasteiger partial charge in [0, 0.05) is 18.9 Å². The zero-order valence-corrected chi connectivity index (χ0v) is 9.19. The van der Waals surface area contributed by atoms with Crippen molar-refractivity contribution in [2.45, 2.75) is 44.1 Å². The smallest absolute Gasteiger partial charge is 0.212 e. The Bertz CT molecular complexity index is 330. The van der Waals surface area contributed by atoms with Crippen molar-refractivity contribution in [3.05, 3.63) is 0 Å². The van der Waals surface area contributed by atoms with E-state index in [1.807, 2.05) is 0 Å². The Balaban J connectivity index is 1.78. The molecular formula is C9H15F2NO2S. The average molecular weight is 239 g/mol. The predicted molar refractivity (Wildman–Crippen MR) is 52.2 cm³/mol. The van der Waals surface area contributed by atoms with Gasteiger partial charge in [0.05, 0.1) is 5.75 Å². The molecule has 0 saturated heterocycles. The van der Waals surface area contributed by atoms with Gasteiger partial charge in [0.15, 0.2) is 0 Å². The molecule has 6 heteroatoms. The Morgan fingerprint density at radius 1 is 1.27 bits per heavy atom. The minimum absolute atomic E-state index is 0.0515. The summed E-state index contributed by atoms with van der Waals surface area (Å²) in [6.07, 6.45) is 2.24. The summed E-state index contributed by atoms with van der Waals surface area (Å²) in [6.45, 7) is 0. The molecule has 2 fully saturated rings. The van der Waals surface area contributed by atoms with Crippen LogP contribution < -0.4 is 4.72 Å². The molecule has 0 aromatic heterocycles. The van der Waals surface area contributed by atoms with Crippen LogP contribution in [0.4, 0.5) is 8.78 Å².